The Labute approximate surface area is 161 Å². The van der Waals surface area contributed by atoms with Gasteiger partial charge in [0, 0.05) is 25.7 Å². The zero-order valence-electron chi connectivity index (χ0n) is 15.8. The smallest absolute Gasteiger partial charge is 0.237 e. The van der Waals surface area contributed by atoms with Crippen LogP contribution in [0.2, 0.25) is 0 Å². The predicted molar refractivity (Wildman–Crippen MR) is 97.4 cm³/mol. The summed E-state index contributed by atoms with van der Waals surface area (Å²) in [5, 5.41) is 18.8. The summed E-state index contributed by atoms with van der Waals surface area (Å²) < 4.78 is 10.6. The topological polar surface area (TPSA) is 134 Å². The number of H-pyrrole nitrogens is 1. The number of carbonyl (C=O) groups excluding carboxylic acids is 2. The van der Waals surface area contributed by atoms with Crippen molar-refractivity contribution < 1.29 is 19.1 Å². The van der Waals surface area contributed by atoms with Crippen LogP contribution in [0.15, 0.2) is 18.2 Å². The minimum absolute atomic E-state index is 0.0325. The number of hydrogen-bond acceptors (Lipinski definition) is 8. The number of benzene rings is 1. The molecular formula is C17H23N7O4. The van der Waals surface area contributed by atoms with Crippen LogP contribution in [-0.4, -0.2) is 70.7 Å². The molecule has 0 bridgehead atoms. The van der Waals surface area contributed by atoms with Gasteiger partial charge < -0.3 is 20.1 Å². The Kier molecular flexibility index (Phi) is 6.37. The van der Waals surface area contributed by atoms with E-state index in [9.17, 15) is 9.59 Å². The Morgan fingerprint density at radius 1 is 1.29 bits per heavy atom. The molecule has 2 amide bonds. The number of nitrogens with one attached hydrogen (secondary N) is 3. The van der Waals surface area contributed by atoms with E-state index in [0.717, 1.165) is 5.56 Å². The summed E-state index contributed by atoms with van der Waals surface area (Å²) in [5.41, 5.74) is 0.933. The highest BCUT2D eigenvalue weighted by molar-refractivity contribution is 5.88. The number of hydrogen-bond donors (Lipinski definition) is 3. The Hall–Kier alpha value is -3.21. The second kappa shape index (κ2) is 9.13. The fourth-order valence-corrected chi connectivity index (χ4v) is 3.05. The maximum absolute atomic E-state index is 12.4. The van der Waals surface area contributed by atoms with Crippen molar-refractivity contribution in [2.75, 3.05) is 27.3 Å². The van der Waals surface area contributed by atoms with E-state index in [1.807, 2.05) is 17.0 Å². The van der Waals surface area contributed by atoms with Crippen LogP contribution in [0.5, 0.6) is 11.5 Å². The lowest BCUT2D eigenvalue weighted by atomic mass is 10.1. The number of ether oxygens (including phenoxy) is 2. The molecule has 1 aliphatic heterocycles. The van der Waals surface area contributed by atoms with Gasteiger partial charge in [0.15, 0.2) is 5.82 Å². The van der Waals surface area contributed by atoms with Gasteiger partial charge in [0.1, 0.15) is 11.5 Å². The summed E-state index contributed by atoms with van der Waals surface area (Å²) in [4.78, 5) is 26.7. The first-order valence-electron chi connectivity index (χ1n) is 8.81. The molecule has 0 aliphatic carbocycles. The summed E-state index contributed by atoms with van der Waals surface area (Å²) in [7, 11) is 3.17. The van der Waals surface area contributed by atoms with Crippen molar-refractivity contribution >= 4 is 11.8 Å². The van der Waals surface area contributed by atoms with Crippen molar-refractivity contribution in [1.29, 1.82) is 0 Å². The van der Waals surface area contributed by atoms with Crippen LogP contribution in [0, 0.1) is 0 Å². The van der Waals surface area contributed by atoms with E-state index < -0.39 is 6.04 Å². The molecule has 11 heteroatoms. The third kappa shape index (κ3) is 4.94. The van der Waals surface area contributed by atoms with Gasteiger partial charge in [-0.25, -0.2) is 0 Å². The van der Waals surface area contributed by atoms with Gasteiger partial charge in [-0.2, -0.15) is 5.21 Å². The van der Waals surface area contributed by atoms with E-state index in [0.29, 0.717) is 37.0 Å². The molecule has 1 aromatic carbocycles. The van der Waals surface area contributed by atoms with Gasteiger partial charge >= 0.3 is 0 Å². The van der Waals surface area contributed by atoms with E-state index in [1.165, 1.54) is 0 Å². The Balaban J connectivity index is 1.66. The summed E-state index contributed by atoms with van der Waals surface area (Å²) in [6.07, 6.45) is 0.0325. The highest BCUT2D eigenvalue weighted by Crippen LogP contribution is 2.24. The second-order valence-corrected chi connectivity index (χ2v) is 6.31. The van der Waals surface area contributed by atoms with Crippen molar-refractivity contribution in [3.8, 4) is 11.5 Å². The fraction of sp³-hybridized carbons (Fsp3) is 0.471. The van der Waals surface area contributed by atoms with Crippen LogP contribution in [0.25, 0.3) is 0 Å². The number of rotatable bonds is 8. The van der Waals surface area contributed by atoms with Crippen molar-refractivity contribution in [3.63, 3.8) is 0 Å². The van der Waals surface area contributed by atoms with Gasteiger partial charge in [0.25, 0.3) is 0 Å². The third-order valence-corrected chi connectivity index (χ3v) is 4.45. The van der Waals surface area contributed by atoms with Gasteiger partial charge in [-0.05, 0) is 17.7 Å². The predicted octanol–water partition coefficient (Wildman–Crippen LogP) is -0.776. The summed E-state index contributed by atoms with van der Waals surface area (Å²) in [6.45, 7) is 1.80. The maximum Gasteiger partial charge on any atom is 0.237 e. The molecule has 150 valence electrons. The Bertz CT molecular complexity index is 790. The lowest BCUT2D eigenvalue weighted by molar-refractivity contribution is -0.134. The normalized spacial score (nSPS) is 17.1. The lowest BCUT2D eigenvalue weighted by Crippen LogP contribution is -2.56. The van der Waals surface area contributed by atoms with E-state index in [4.69, 9.17) is 9.47 Å². The molecule has 3 rings (SSSR count). The van der Waals surface area contributed by atoms with Gasteiger partial charge in [-0.3, -0.25) is 14.5 Å². The number of aromatic nitrogens is 4. The molecule has 1 aliphatic rings. The number of carbonyl (C=O) groups is 2. The first-order chi connectivity index (χ1) is 13.6. The van der Waals surface area contributed by atoms with Crippen LogP contribution in [0.4, 0.5) is 0 Å². The third-order valence-electron chi connectivity index (χ3n) is 4.45. The number of piperazine rings is 1. The molecule has 0 spiro atoms. The Morgan fingerprint density at radius 2 is 2.04 bits per heavy atom. The molecule has 2 aromatic rings. The first kappa shape index (κ1) is 19.5. The molecule has 0 unspecified atom stereocenters. The number of amides is 2. The van der Waals surface area contributed by atoms with E-state index in [-0.39, 0.29) is 24.8 Å². The average Bonchev–Trinajstić information content (AvgIpc) is 3.22. The molecule has 3 N–H and O–H groups in total. The molecule has 28 heavy (non-hydrogen) atoms. The van der Waals surface area contributed by atoms with Crippen LogP contribution in [0.1, 0.15) is 17.8 Å². The number of tetrazole rings is 1. The molecule has 0 saturated carbocycles. The zero-order valence-corrected chi connectivity index (χ0v) is 15.8. The van der Waals surface area contributed by atoms with Crippen molar-refractivity contribution in [3.05, 3.63) is 29.6 Å². The fourth-order valence-electron chi connectivity index (χ4n) is 3.05. The molecule has 1 aromatic heterocycles. The standard InChI is InChI=1S/C17H23N7O4/c1-27-12-5-11(6-13(7-12)28-2)10-24-4-3-18-17(26)14(24)8-16(25)19-9-15-20-22-23-21-15/h5-7,14H,3-4,8-10H2,1-2H3,(H,18,26)(H,19,25)(H,20,21,22,23)/t14-/m1/s1. The minimum Gasteiger partial charge on any atom is -0.497 e. The van der Waals surface area contributed by atoms with E-state index >= 15 is 0 Å². The quantitative estimate of drug-likeness (QED) is 0.535. The van der Waals surface area contributed by atoms with Crippen LogP contribution >= 0.6 is 0 Å². The molecule has 11 nitrogen and oxygen atoms in total. The molecule has 1 atom stereocenters. The highest BCUT2D eigenvalue weighted by atomic mass is 16.5. The van der Waals surface area contributed by atoms with Crippen LogP contribution < -0.4 is 20.1 Å². The number of methoxy groups -OCH3 is 2. The summed E-state index contributed by atoms with van der Waals surface area (Å²) >= 11 is 0. The van der Waals surface area contributed by atoms with Gasteiger partial charge in [-0.15, -0.1) is 10.2 Å². The molecule has 1 fully saturated rings. The second-order valence-electron chi connectivity index (χ2n) is 6.31. The number of aromatic amines is 1. The molecular weight excluding hydrogens is 366 g/mol. The SMILES string of the molecule is COc1cc(CN2CCNC(=O)[C@H]2CC(=O)NCc2nn[nH]n2)cc(OC)c1. The largest absolute Gasteiger partial charge is 0.497 e. The number of nitrogens with zero attached hydrogens (tertiary/aromatic N) is 4. The highest BCUT2D eigenvalue weighted by Gasteiger charge is 2.31. The van der Waals surface area contributed by atoms with Gasteiger partial charge in [0.05, 0.1) is 33.2 Å². The zero-order chi connectivity index (χ0) is 19.9. The molecule has 0 radical (unpaired) electrons. The molecule has 1 saturated heterocycles. The van der Waals surface area contributed by atoms with E-state index in [2.05, 4.69) is 31.3 Å². The van der Waals surface area contributed by atoms with Crippen molar-refractivity contribution in [1.82, 2.24) is 36.2 Å². The Morgan fingerprint density at radius 3 is 2.68 bits per heavy atom. The minimum atomic E-state index is -0.573. The first-order valence-corrected chi connectivity index (χ1v) is 8.81. The van der Waals surface area contributed by atoms with Gasteiger partial charge in [0.2, 0.25) is 11.8 Å². The van der Waals surface area contributed by atoms with Crippen molar-refractivity contribution in [2.24, 2.45) is 0 Å². The van der Waals surface area contributed by atoms with Crippen LogP contribution in [0.3, 0.4) is 0 Å². The monoisotopic (exact) mass is 389 g/mol. The van der Waals surface area contributed by atoms with Gasteiger partial charge in [-0.1, -0.05) is 5.21 Å². The van der Waals surface area contributed by atoms with Crippen molar-refractivity contribution in [2.45, 2.75) is 25.6 Å². The lowest BCUT2D eigenvalue weighted by Gasteiger charge is -2.34. The van der Waals surface area contributed by atoms with Crippen LogP contribution in [-0.2, 0) is 22.7 Å². The molecule has 2 heterocycles. The van der Waals surface area contributed by atoms with E-state index in [1.54, 1.807) is 20.3 Å². The average molecular weight is 389 g/mol. The maximum atomic E-state index is 12.4. The summed E-state index contributed by atoms with van der Waals surface area (Å²) in [5.74, 6) is 1.29. The summed E-state index contributed by atoms with van der Waals surface area (Å²) in [6, 6.07) is 5.00.